The van der Waals surface area contributed by atoms with Crippen molar-refractivity contribution in [3.8, 4) is 28.4 Å². The smallest absolute Gasteiger partial charge is 0.515 e. The number of nitrogens with zero attached hydrogens (tertiary/aromatic N) is 3. The van der Waals surface area contributed by atoms with Crippen LogP contribution in [0, 0.1) is 12.3 Å². The van der Waals surface area contributed by atoms with Crippen LogP contribution in [0.25, 0.3) is 44.4 Å². The molecule has 0 aliphatic rings. The first-order chi connectivity index (χ1) is 15.8. The molecule has 0 spiro atoms. The van der Waals surface area contributed by atoms with Gasteiger partial charge in [-0.1, -0.05) is 54.0 Å². The minimum absolute atomic E-state index is 0. The van der Waals surface area contributed by atoms with Crippen LogP contribution in [0.5, 0.6) is 5.75 Å². The number of aromatic hydroxyl groups is 1. The number of phenolic OH excluding ortho intramolecular Hbond substituents is 1. The van der Waals surface area contributed by atoms with Crippen molar-refractivity contribution in [1.29, 1.82) is 0 Å². The van der Waals surface area contributed by atoms with Crippen molar-refractivity contribution in [1.82, 2.24) is 9.55 Å². The summed E-state index contributed by atoms with van der Waals surface area (Å²) < 4.78 is 4.04. The van der Waals surface area contributed by atoms with Crippen LogP contribution in [0.2, 0.25) is 0 Å². The molecule has 0 fully saturated rings. The fraction of sp³-hybridized carbons (Fsp3) is 0. The van der Waals surface area contributed by atoms with Crippen LogP contribution in [-0.2, 0) is 21.1 Å². The Morgan fingerprint density at radius 1 is 0.788 bits per heavy atom. The SMILES string of the molecule is Oc1ccccc1-c1[c-][n+](-c2[c-]c3c(cc2)c2ccccc2n3-c2ccccn2)ccc1.[Pt+2]. The standard InChI is InChI=1S/C28H18N3O.Pt/c32-27-12-4-2-9-22(27)20-8-7-17-30(19-20)21-14-15-24-23-10-1-3-11-25(23)31(26(24)18-21)28-13-5-6-16-29-28;/h1-17,32H;/q-1;+2. The second-order valence-electron chi connectivity index (χ2n) is 7.57. The van der Waals surface area contributed by atoms with Crippen molar-refractivity contribution < 1.29 is 30.7 Å². The summed E-state index contributed by atoms with van der Waals surface area (Å²) in [5.74, 6) is 1.08. The van der Waals surface area contributed by atoms with Crippen LogP contribution in [0.3, 0.4) is 0 Å². The summed E-state index contributed by atoms with van der Waals surface area (Å²) in [4.78, 5) is 4.59. The van der Waals surface area contributed by atoms with E-state index in [0.717, 1.165) is 44.4 Å². The molecule has 4 nitrogen and oxygen atoms in total. The molecule has 33 heavy (non-hydrogen) atoms. The number of hydrogen-bond acceptors (Lipinski definition) is 2. The fourth-order valence-electron chi connectivity index (χ4n) is 4.17. The molecule has 0 amide bonds. The zero-order valence-corrected chi connectivity index (χ0v) is 19.7. The molecule has 0 radical (unpaired) electrons. The second-order valence-corrected chi connectivity index (χ2v) is 7.57. The quantitative estimate of drug-likeness (QED) is 0.216. The average molecular weight is 608 g/mol. The van der Waals surface area contributed by atoms with E-state index in [0.29, 0.717) is 0 Å². The molecule has 6 aromatic rings. The molecule has 6 rings (SSSR count). The number of rotatable bonds is 3. The molecule has 3 aromatic heterocycles. The van der Waals surface area contributed by atoms with Gasteiger partial charge in [0.1, 0.15) is 12.0 Å². The topological polar surface area (TPSA) is 41.9 Å². The first-order valence-corrected chi connectivity index (χ1v) is 10.4. The second kappa shape index (κ2) is 8.65. The van der Waals surface area contributed by atoms with Gasteiger partial charge in [0.25, 0.3) is 0 Å². The van der Waals surface area contributed by atoms with Crippen LogP contribution < -0.4 is 4.57 Å². The number of pyridine rings is 2. The maximum atomic E-state index is 10.3. The third-order valence-electron chi connectivity index (χ3n) is 5.64. The van der Waals surface area contributed by atoms with Gasteiger partial charge in [-0.25, -0.2) is 4.98 Å². The summed E-state index contributed by atoms with van der Waals surface area (Å²) >= 11 is 0. The molecule has 0 saturated carbocycles. The average Bonchev–Trinajstić information content (AvgIpc) is 3.19. The normalized spacial score (nSPS) is 10.9. The zero-order valence-electron chi connectivity index (χ0n) is 17.4. The van der Waals surface area contributed by atoms with E-state index in [4.69, 9.17) is 0 Å². The minimum Gasteiger partial charge on any atom is -0.515 e. The Balaban J connectivity index is 0.00000228. The summed E-state index contributed by atoms with van der Waals surface area (Å²) in [6, 6.07) is 33.2. The third-order valence-corrected chi connectivity index (χ3v) is 5.64. The van der Waals surface area contributed by atoms with Gasteiger partial charge in [-0.05, 0) is 40.8 Å². The maximum absolute atomic E-state index is 10.3. The Morgan fingerprint density at radius 2 is 1.61 bits per heavy atom. The van der Waals surface area contributed by atoms with E-state index >= 15 is 0 Å². The molecular weight excluding hydrogens is 589 g/mol. The molecule has 0 saturated heterocycles. The first-order valence-electron chi connectivity index (χ1n) is 10.4. The molecule has 0 aliphatic heterocycles. The fourth-order valence-corrected chi connectivity index (χ4v) is 4.17. The van der Waals surface area contributed by atoms with Gasteiger partial charge in [0.15, 0.2) is 6.20 Å². The van der Waals surface area contributed by atoms with Crippen molar-refractivity contribution in [3.63, 3.8) is 0 Å². The van der Waals surface area contributed by atoms with Gasteiger partial charge in [0, 0.05) is 17.4 Å². The van der Waals surface area contributed by atoms with Crippen LogP contribution in [-0.4, -0.2) is 14.7 Å². The van der Waals surface area contributed by atoms with Crippen molar-refractivity contribution >= 4 is 21.8 Å². The van der Waals surface area contributed by atoms with Gasteiger partial charge in [0.2, 0.25) is 0 Å². The van der Waals surface area contributed by atoms with Crippen molar-refractivity contribution in [2.45, 2.75) is 0 Å². The van der Waals surface area contributed by atoms with E-state index < -0.39 is 0 Å². The van der Waals surface area contributed by atoms with Crippen molar-refractivity contribution in [2.24, 2.45) is 0 Å². The number of fused-ring (bicyclic) bond motifs is 3. The molecule has 3 heterocycles. The number of hydrogen-bond donors (Lipinski definition) is 1. The number of benzene rings is 3. The van der Waals surface area contributed by atoms with Gasteiger partial charge in [0.05, 0.1) is 5.75 Å². The summed E-state index contributed by atoms with van der Waals surface area (Å²) in [5, 5.41) is 12.5. The molecule has 0 bridgehead atoms. The predicted molar refractivity (Wildman–Crippen MR) is 125 cm³/mol. The Kier molecular flexibility index (Phi) is 5.53. The van der Waals surface area contributed by atoms with E-state index in [1.807, 2.05) is 71.4 Å². The van der Waals surface area contributed by atoms with Crippen LogP contribution in [0.15, 0.2) is 103 Å². The first kappa shape index (κ1) is 21.1. The molecule has 3 aromatic carbocycles. The monoisotopic (exact) mass is 607 g/mol. The molecule has 0 unspecified atom stereocenters. The van der Waals surface area contributed by atoms with Crippen LogP contribution in [0.1, 0.15) is 0 Å². The Hall–Kier alpha value is -3.75. The van der Waals surface area contributed by atoms with E-state index in [1.165, 1.54) is 0 Å². The Bertz CT molecular complexity index is 1590. The number of aromatic nitrogens is 3. The van der Waals surface area contributed by atoms with Gasteiger partial charge >= 0.3 is 21.1 Å². The van der Waals surface area contributed by atoms with E-state index in [-0.39, 0.29) is 26.8 Å². The minimum atomic E-state index is 0. The summed E-state index contributed by atoms with van der Waals surface area (Å²) in [5.41, 5.74) is 4.45. The van der Waals surface area contributed by atoms with Gasteiger partial charge in [-0.15, -0.1) is 23.6 Å². The summed E-state index contributed by atoms with van der Waals surface area (Å²) in [6.45, 7) is 0. The maximum Gasteiger partial charge on any atom is 2.00 e. The zero-order chi connectivity index (χ0) is 21.5. The third kappa shape index (κ3) is 3.63. The molecule has 0 aliphatic carbocycles. The number of phenols is 1. The largest absolute Gasteiger partial charge is 2.00 e. The Labute approximate surface area is 205 Å². The predicted octanol–water partition coefficient (Wildman–Crippen LogP) is 5.43. The molecule has 5 heteroatoms. The van der Waals surface area contributed by atoms with Crippen molar-refractivity contribution in [3.05, 3.63) is 116 Å². The molecular formula is C28H18N3OPt+. The van der Waals surface area contributed by atoms with E-state index in [2.05, 4.69) is 46.1 Å². The van der Waals surface area contributed by atoms with Gasteiger partial charge in [-0.3, -0.25) is 4.57 Å². The van der Waals surface area contributed by atoms with E-state index in [1.54, 1.807) is 12.3 Å². The summed E-state index contributed by atoms with van der Waals surface area (Å²) in [7, 11) is 0. The van der Waals surface area contributed by atoms with Crippen LogP contribution in [0.4, 0.5) is 0 Å². The van der Waals surface area contributed by atoms with Crippen molar-refractivity contribution in [2.75, 3.05) is 0 Å². The Morgan fingerprint density at radius 3 is 2.45 bits per heavy atom. The number of para-hydroxylation sites is 2. The molecule has 160 valence electrons. The summed E-state index contributed by atoms with van der Waals surface area (Å²) in [6.07, 6.45) is 7.12. The molecule has 1 N–H and O–H groups in total. The van der Waals surface area contributed by atoms with E-state index in [9.17, 15) is 5.11 Å². The van der Waals surface area contributed by atoms with Gasteiger partial charge < -0.3 is 9.67 Å². The molecule has 0 atom stereocenters. The van der Waals surface area contributed by atoms with Gasteiger partial charge in [-0.2, -0.15) is 6.07 Å². The van der Waals surface area contributed by atoms with Crippen LogP contribution >= 0.6 is 0 Å².